The summed E-state index contributed by atoms with van der Waals surface area (Å²) in [4.78, 5) is 11.3. The lowest BCUT2D eigenvalue weighted by atomic mass is 10.1. The van der Waals surface area contributed by atoms with Crippen LogP contribution in [0, 0.1) is 0 Å². The number of nitrogens with two attached hydrogens (primary N) is 1. The molecule has 0 aromatic heterocycles. The highest BCUT2D eigenvalue weighted by Gasteiger charge is 2.12. The average Bonchev–Trinajstić information content (AvgIpc) is 2.18. The molecule has 0 radical (unpaired) electrons. The van der Waals surface area contributed by atoms with Crippen LogP contribution in [-0.4, -0.2) is 11.9 Å². The van der Waals surface area contributed by atoms with Crippen LogP contribution in [0.4, 0.5) is 0 Å². The fourth-order valence-electron chi connectivity index (χ4n) is 1.18. The van der Waals surface area contributed by atoms with E-state index >= 15 is 0 Å². The fraction of sp³-hybridized carbons (Fsp3) is 0.364. The molecule has 0 saturated heterocycles. The van der Waals surface area contributed by atoms with Gasteiger partial charge in [-0.05, 0) is 31.5 Å². The zero-order valence-electron chi connectivity index (χ0n) is 8.83. The number of benzene rings is 1. The van der Waals surface area contributed by atoms with Crippen molar-refractivity contribution in [3.05, 3.63) is 34.3 Å². The highest BCUT2D eigenvalue weighted by atomic mass is 79.9. The van der Waals surface area contributed by atoms with Gasteiger partial charge in [0.1, 0.15) is 0 Å². The monoisotopic (exact) mass is 270 g/mol. The van der Waals surface area contributed by atoms with E-state index < -0.39 is 6.04 Å². The molecule has 0 aliphatic carbocycles. The second-order valence-corrected chi connectivity index (χ2v) is 4.49. The number of rotatable bonds is 3. The average molecular weight is 271 g/mol. The predicted octanol–water partition coefficient (Wildman–Crippen LogP) is 1.97. The number of carbonyl (C=O) groups excluding carboxylic acids is 1. The van der Waals surface area contributed by atoms with Gasteiger partial charge in [0.05, 0.1) is 12.1 Å². The molecule has 2 atom stereocenters. The van der Waals surface area contributed by atoms with Crippen LogP contribution in [0.25, 0.3) is 0 Å². The second-order valence-electron chi connectivity index (χ2n) is 3.57. The van der Waals surface area contributed by atoms with Gasteiger partial charge in [-0.15, -0.1) is 0 Å². The first-order chi connectivity index (χ1) is 7.00. The molecule has 4 heteroatoms. The number of halogens is 1. The smallest absolute Gasteiger partial charge is 0.237 e. The molecule has 3 nitrogen and oxygen atoms in total. The maximum atomic E-state index is 11.3. The van der Waals surface area contributed by atoms with Crippen molar-refractivity contribution >= 4 is 21.8 Å². The molecule has 0 aliphatic rings. The maximum Gasteiger partial charge on any atom is 0.237 e. The van der Waals surface area contributed by atoms with Crippen molar-refractivity contribution in [2.45, 2.75) is 25.9 Å². The van der Waals surface area contributed by atoms with Gasteiger partial charge in [-0.2, -0.15) is 0 Å². The van der Waals surface area contributed by atoms with Crippen molar-refractivity contribution in [2.75, 3.05) is 0 Å². The first-order valence-electron chi connectivity index (χ1n) is 4.82. The Morgan fingerprint density at radius 2 is 1.87 bits per heavy atom. The third-order valence-corrected chi connectivity index (χ3v) is 2.67. The van der Waals surface area contributed by atoms with Crippen LogP contribution in [0.2, 0.25) is 0 Å². The van der Waals surface area contributed by atoms with Crippen LogP contribution >= 0.6 is 15.9 Å². The summed E-state index contributed by atoms with van der Waals surface area (Å²) < 4.78 is 1.02. The standard InChI is InChI=1S/C11H15BrN2O/c1-7(13)11(15)14-8(2)9-3-5-10(12)6-4-9/h3-8H,13H2,1-2H3,(H,14,15)/t7-,8?/m1/s1. The van der Waals surface area contributed by atoms with Crippen molar-refractivity contribution in [2.24, 2.45) is 5.73 Å². The van der Waals surface area contributed by atoms with Gasteiger partial charge in [0.15, 0.2) is 0 Å². The van der Waals surface area contributed by atoms with E-state index in [1.54, 1.807) is 6.92 Å². The summed E-state index contributed by atoms with van der Waals surface area (Å²) in [5, 5.41) is 2.84. The fourth-order valence-corrected chi connectivity index (χ4v) is 1.44. The third-order valence-electron chi connectivity index (χ3n) is 2.14. The van der Waals surface area contributed by atoms with Gasteiger partial charge in [-0.25, -0.2) is 0 Å². The van der Waals surface area contributed by atoms with Crippen molar-refractivity contribution in [3.63, 3.8) is 0 Å². The molecule has 0 bridgehead atoms. The highest BCUT2D eigenvalue weighted by molar-refractivity contribution is 9.10. The molecule has 15 heavy (non-hydrogen) atoms. The topological polar surface area (TPSA) is 55.1 Å². The van der Waals surface area contributed by atoms with Crippen LogP contribution < -0.4 is 11.1 Å². The number of carbonyl (C=O) groups is 1. The molecule has 82 valence electrons. The van der Waals surface area contributed by atoms with Crippen molar-refractivity contribution in [1.82, 2.24) is 5.32 Å². The summed E-state index contributed by atoms with van der Waals surface area (Å²) in [7, 11) is 0. The van der Waals surface area contributed by atoms with E-state index in [1.807, 2.05) is 31.2 Å². The van der Waals surface area contributed by atoms with Crippen LogP contribution in [0.15, 0.2) is 28.7 Å². The minimum absolute atomic E-state index is 0.0170. The summed E-state index contributed by atoms with van der Waals surface area (Å²) >= 11 is 3.36. The van der Waals surface area contributed by atoms with E-state index in [-0.39, 0.29) is 11.9 Å². The van der Waals surface area contributed by atoms with Gasteiger partial charge in [0.25, 0.3) is 0 Å². The Balaban J connectivity index is 2.65. The minimum atomic E-state index is -0.470. The Labute approximate surface area is 98.2 Å². The Kier molecular flexibility index (Phi) is 4.29. The van der Waals surface area contributed by atoms with Gasteiger partial charge >= 0.3 is 0 Å². The summed E-state index contributed by atoms with van der Waals surface area (Å²) in [5.74, 6) is -0.134. The van der Waals surface area contributed by atoms with E-state index in [9.17, 15) is 4.79 Å². The van der Waals surface area contributed by atoms with Crippen LogP contribution in [0.5, 0.6) is 0 Å². The van der Waals surface area contributed by atoms with Crippen molar-refractivity contribution in [1.29, 1.82) is 0 Å². The predicted molar refractivity (Wildman–Crippen MR) is 64.3 cm³/mol. The Hall–Kier alpha value is -0.870. The summed E-state index contributed by atoms with van der Waals surface area (Å²) in [6.07, 6.45) is 0. The van der Waals surface area contributed by atoms with Crippen LogP contribution in [0.1, 0.15) is 25.5 Å². The molecule has 1 unspecified atom stereocenters. The van der Waals surface area contributed by atoms with Crippen molar-refractivity contribution in [3.8, 4) is 0 Å². The lowest BCUT2D eigenvalue weighted by Crippen LogP contribution is -2.39. The molecule has 3 N–H and O–H groups in total. The second kappa shape index (κ2) is 5.28. The van der Waals surface area contributed by atoms with Crippen LogP contribution in [0.3, 0.4) is 0 Å². The van der Waals surface area contributed by atoms with Gasteiger partial charge in [0, 0.05) is 4.47 Å². The molecule has 0 aliphatic heterocycles. The summed E-state index contributed by atoms with van der Waals surface area (Å²) in [5.41, 5.74) is 6.53. The first kappa shape index (κ1) is 12.2. The highest BCUT2D eigenvalue weighted by Crippen LogP contribution is 2.16. The molecule has 1 aromatic rings. The van der Waals surface area contributed by atoms with E-state index in [1.165, 1.54) is 0 Å². The SMILES string of the molecule is CC(NC(=O)[C@@H](C)N)c1ccc(Br)cc1. The number of nitrogens with one attached hydrogen (secondary N) is 1. The third kappa shape index (κ3) is 3.64. The zero-order chi connectivity index (χ0) is 11.4. The number of hydrogen-bond donors (Lipinski definition) is 2. The van der Waals surface area contributed by atoms with E-state index in [2.05, 4.69) is 21.2 Å². The Morgan fingerprint density at radius 3 is 2.33 bits per heavy atom. The quantitative estimate of drug-likeness (QED) is 0.883. The zero-order valence-corrected chi connectivity index (χ0v) is 10.4. The molecule has 0 spiro atoms. The largest absolute Gasteiger partial charge is 0.348 e. The van der Waals surface area contributed by atoms with Gasteiger partial charge in [-0.3, -0.25) is 4.79 Å². The Bertz CT molecular complexity index is 335. The van der Waals surface area contributed by atoms with Crippen molar-refractivity contribution < 1.29 is 4.79 Å². The summed E-state index contributed by atoms with van der Waals surface area (Å²) in [6.45, 7) is 3.60. The lowest BCUT2D eigenvalue weighted by molar-refractivity contribution is -0.122. The molecule has 1 rings (SSSR count). The maximum absolute atomic E-state index is 11.3. The first-order valence-corrected chi connectivity index (χ1v) is 5.61. The van der Waals surface area contributed by atoms with Gasteiger partial charge in [0.2, 0.25) is 5.91 Å². The normalized spacial score (nSPS) is 14.4. The molecular weight excluding hydrogens is 256 g/mol. The van der Waals surface area contributed by atoms with Gasteiger partial charge < -0.3 is 11.1 Å². The lowest BCUT2D eigenvalue weighted by Gasteiger charge is -2.15. The molecule has 1 aromatic carbocycles. The molecule has 1 amide bonds. The molecule has 0 heterocycles. The van der Waals surface area contributed by atoms with Gasteiger partial charge in [-0.1, -0.05) is 28.1 Å². The van der Waals surface area contributed by atoms with E-state index in [0.29, 0.717) is 0 Å². The number of hydrogen-bond acceptors (Lipinski definition) is 2. The summed E-state index contributed by atoms with van der Waals surface area (Å²) in [6, 6.07) is 7.35. The molecule has 0 fully saturated rings. The minimum Gasteiger partial charge on any atom is -0.348 e. The molecular formula is C11H15BrN2O. The Morgan fingerprint density at radius 1 is 1.33 bits per heavy atom. The van der Waals surface area contributed by atoms with E-state index in [4.69, 9.17) is 5.73 Å². The number of amides is 1. The van der Waals surface area contributed by atoms with E-state index in [0.717, 1.165) is 10.0 Å². The van der Waals surface area contributed by atoms with Crippen LogP contribution in [-0.2, 0) is 4.79 Å². The molecule has 0 saturated carbocycles.